The fourth-order valence-corrected chi connectivity index (χ4v) is 1.50. The number of unbranched alkanes of at least 4 members (excludes halogenated alkanes) is 2. The smallest absolute Gasteiger partial charge is 0.414 e. The van der Waals surface area contributed by atoms with Crippen molar-refractivity contribution >= 4 is 24.0 Å². The van der Waals surface area contributed by atoms with Crippen LogP contribution >= 0.6 is 0 Å². The summed E-state index contributed by atoms with van der Waals surface area (Å²) in [6, 6.07) is 0. The van der Waals surface area contributed by atoms with Crippen LogP contribution in [0, 0.1) is 11.3 Å². The number of rotatable bonds is 8. The van der Waals surface area contributed by atoms with Gasteiger partial charge in [-0.1, -0.05) is 33.6 Å². The van der Waals surface area contributed by atoms with Crippen LogP contribution in [0.5, 0.6) is 0 Å². The van der Waals surface area contributed by atoms with Gasteiger partial charge in [0.1, 0.15) is 13.2 Å². The van der Waals surface area contributed by atoms with Crippen molar-refractivity contribution in [1.29, 1.82) is 5.41 Å². The molecular weight excluding hydrogens is 318 g/mol. The third kappa shape index (κ3) is 10.4. The number of carbonyl (C=O) groups is 3. The number of hydroxylamine groups is 2. The summed E-state index contributed by atoms with van der Waals surface area (Å²) in [6.45, 7) is 6.70. The number of carbonyl (C=O) groups excluding carboxylic acids is 3. The molecule has 0 spiro atoms. The average Bonchev–Trinajstić information content (AvgIpc) is 2.49. The van der Waals surface area contributed by atoms with E-state index < -0.39 is 18.0 Å². The Morgan fingerprint density at radius 1 is 1.12 bits per heavy atom. The van der Waals surface area contributed by atoms with Crippen molar-refractivity contribution in [2.45, 2.75) is 47.0 Å². The number of guanidine groups is 1. The lowest BCUT2D eigenvalue weighted by Crippen LogP contribution is -2.45. The van der Waals surface area contributed by atoms with Gasteiger partial charge in [-0.2, -0.15) is 5.06 Å². The molecule has 0 aliphatic heterocycles. The van der Waals surface area contributed by atoms with E-state index in [0.717, 1.165) is 17.9 Å². The zero-order valence-corrected chi connectivity index (χ0v) is 14.7. The summed E-state index contributed by atoms with van der Waals surface area (Å²) < 4.78 is 9.64. The van der Waals surface area contributed by atoms with Crippen molar-refractivity contribution in [1.82, 2.24) is 10.4 Å². The maximum absolute atomic E-state index is 11.6. The van der Waals surface area contributed by atoms with Crippen molar-refractivity contribution in [2.24, 2.45) is 5.92 Å². The molecule has 2 N–H and O–H groups in total. The van der Waals surface area contributed by atoms with Gasteiger partial charge < -0.3 is 14.3 Å². The predicted octanol–water partition coefficient (Wildman–Crippen LogP) is 1.82. The molecule has 0 saturated heterocycles. The van der Waals surface area contributed by atoms with Gasteiger partial charge in [0.2, 0.25) is 5.96 Å². The monoisotopic (exact) mass is 345 g/mol. The molecule has 0 aliphatic rings. The van der Waals surface area contributed by atoms with Crippen LogP contribution in [-0.2, 0) is 23.9 Å². The zero-order valence-electron chi connectivity index (χ0n) is 14.7. The number of esters is 1. The fraction of sp³-hybridized carbons (Fsp3) is 0.733. The Bertz CT molecular complexity index is 439. The molecule has 9 nitrogen and oxygen atoms in total. The number of ether oxygens (including phenoxy) is 2. The summed E-state index contributed by atoms with van der Waals surface area (Å²) in [7, 11) is 0. The number of alkyl carbamates (subject to hydrolysis) is 1. The minimum atomic E-state index is -0.895. The van der Waals surface area contributed by atoms with Crippen LogP contribution in [0.2, 0.25) is 0 Å². The maximum Gasteiger partial charge on any atom is 0.414 e. The number of amides is 1. The predicted molar refractivity (Wildman–Crippen MR) is 86.0 cm³/mol. The molecule has 0 aromatic carbocycles. The summed E-state index contributed by atoms with van der Waals surface area (Å²) in [6.07, 6.45) is 1.67. The highest BCUT2D eigenvalue weighted by Gasteiger charge is 2.16. The Morgan fingerprint density at radius 2 is 1.75 bits per heavy atom. The van der Waals surface area contributed by atoms with Crippen molar-refractivity contribution in [3.63, 3.8) is 0 Å². The largest absolute Gasteiger partial charge is 0.462 e. The van der Waals surface area contributed by atoms with Gasteiger partial charge >= 0.3 is 18.0 Å². The van der Waals surface area contributed by atoms with E-state index in [1.54, 1.807) is 13.8 Å². The first kappa shape index (κ1) is 21.7. The number of hydrogen-bond donors (Lipinski definition) is 2. The summed E-state index contributed by atoms with van der Waals surface area (Å²) in [4.78, 5) is 38.7. The van der Waals surface area contributed by atoms with Crippen LogP contribution in [0.1, 0.15) is 47.0 Å². The van der Waals surface area contributed by atoms with E-state index in [-0.39, 0.29) is 25.1 Å². The minimum Gasteiger partial charge on any atom is -0.462 e. The van der Waals surface area contributed by atoms with Gasteiger partial charge in [-0.25, -0.2) is 4.79 Å². The molecule has 0 heterocycles. The van der Waals surface area contributed by atoms with E-state index in [2.05, 4.69) is 5.32 Å². The molecule has 0 aromatic heterocycles. The van der Waals surface area contributed by atoms with E-state index in [1.807, 2.05) is 6.92 Å². The van der Waals surface area contributed by atoms with Gasteiger partial charge in [0.05, 0.1) is 12.5 Å². The summed E-state index contributed by atoms with van der Waals surface area (Å²) in [5, 5.41) is 10.9. The molecule has 24 heavy (non-hydrogen) atoms. The molecule has 0 radical (unpaired) electrons. The molecule has 0 rings (SSSR count). The lowest BCUT2D eigenvalue weighted by atomic mass is 10.2. The lowest BCUT2D eigenvalue weighted by molar-refractivity contribution is -0.170. The molecule has 0 saturated carbocycles. The SMILES string of the molecule is CCCCCN(OC(C)=O)C(=N)NC(=O)OCCOC(=O)C(C)C. The third-order valence-electron chi connectivity index (χ3n) is 2.71. The second kappa shape index (κ2) is 12.1. The fourth-order valence-electron chi connectivity index (χ4n) is 1.50. The molecule has 0 bridgehead atoms. The molecule has 9 heteroatoms. The Kier molecular flexibility index (Phi) is 11.0. The first-order chi connectivity index (χ1) is 11.3. The normalized spacial score (nSPS) is 10.0. The number of nitrogens with zero attached hydrogens (tertiary/aromatic N) is 1. The molecule has 138 valence electrons. The molecule has 1 amide bonds. The Morgan fingerprint density at radius 3 is 2.29 bits per heavy atom. The van der Waals surface area contributed by atoms with Gasteiger partial charge in [-0.3, -0.25) is 20.3 Å². The number of nitrogens with one attached hydrogen (secondary N) is 2. The van der Waals surface area contributed by atoms with E-state index in [4.69, 9.17) is 19.7 Å². The first-order valence-electron chi connectivity index (χ1n) is 7.92. The van der Waals surface area contributed by atoms with E-state index in [9.17, 15) is 14.4 Å². The third-order valence-corrected chi connectivity index (χ3v) is 2.71. The van der Waals surface area contributed by atoms with Crippen LogP contribution < -0.4 is 5.32 Å². The molecule has 0 unspecified atom stereocenters. The van der Waals surface area contributed by atoms with Crippen LogP contribution in [0.25, 0.3) is 0 Å². The van der Waals surface area contributed by atoms with E-state index >= 15 is 0 Å². The van der Waals surface area contributed by atoms with Crippen molar-refractivity contribution in [2.75, 3.05) is 19.8 Å². The molecule has 0 aliphatic carbocycles. The highest BCUT2D eigenvalue weighted by Crippen LogP contribution is 2.00. The Balaban J connectivity index is 4.20. The quantitative estimate of drug-likeness (QED) is 0.226. The topological polar surface area (TPSA) is 118 Å². The Labute approximate surface area is 142 Å². The second-order valence-electron chi connectivity index (χ2n) is 5.32. The summed E-state index contributed by atoms with van der Waals surface area (Å²) in [5.41, 5.74) is 0. The van der Waals surface area contributed by atoms with Gasteiger partial charge in [-0.15, -0.1) is 0 Å². The van der Waals surface area contributed by atoms with Gasteiger partial charge in [0.25, 0.3) is 0 Å². The van der Waals surface area contributed by atoms with Crippen molar-refractivity contribution in [3.8, 4) is 0 Å². The second-order valence-corrected chi connectivity index (χ2v) is 5.32. The van der Waals surface area contributed by atoms with Crippen LogP contribution in [0.3, 0.4) is 0 Å². The minimum absolute atomic E-state index is 0.0675. The maximum atomic E-state index is 11.6. The van der Waals surface area contributed by atoms with Crippen molar-refractivity contribution in [3.05, 3.63) is 0 Å². The highest BCUT2D eigenvalue weighted by molar-refractivity contribution is 5.92. The van der Waals surface area contributed by atoms with E-state index in [0.29, 0.717) is 13.0 Å². The molecule has 0 aromatic rings. The molecule has 0 fully saturated rings. The van der Waals surface area contributed by atoms with Crippen LogP contribution in [0.4, 0.5) is 4.79 Å². The molecule has 0 atom stereocenters. The average molecular weight is 345 g/mol. The van der Waals surface area contributed by atoms with Crippen molar-refractivity contribution < 1.29 is 28.7 Å². The molecular formula is C15H27N3O6. The van der Waals surface area contributed by atoms with Crippen LogP contribution in [0.15, 0.2) is 0 Å². The lowest BCUT2D eigenvalue weighted by Gasteiger charge is -2.22. The number of hydrogen-bond acceptors (Lipinski definition) is 7. The van der Waals surface area contributed by atoms with Crippen LogP contribution in [-0.4, -0.2) is 48.8 Å². The first-order valence-corrected chi connectivity index (χ1v) is 7.92. The van der Waals surface area contributed by atoms with E-state index in [1.165, 1.54) is 6.92 Å². The zero-order chi connectivity index (χ0) is 18.5. The van der Waals surface area contributed by atoms with Gasteiger partial charge in [-0.05, 0) is 6.42 Å². The van der Waals surface area contributed by atoms with Gasteiger partial charge in [0.15, 0.2) is 0 Å². The Hall–Kier alpha value is -2.32. The van der Waals surface area contributed by atoms with Gasteiger partial charge in [0, 0.05) is 6.92 Å². The standard InChI is InChI=1S/C15H27N3O6/c1-5-6-7-8-18(24-12(4)19)14(16)17-15(21)23-10-9-22-13(20)11(2)3/h11H,5-10H2,1-4H3,(H2,16,17,21). The summed E-state index contributed by atoms with van der Waals surface area (Å²) in [5.74, 6) is -1.63. The highest BCUT2D eigenvalue weighted by atomic mass is 16.7. The summed E-state index contributed by atoms with van der Waals surface area (Å²) >= 11 is 0.